The van der Waals surface area contributed by atoms with E-state index in [1.165, 1.54) is 6.07 Å². The number of ether oxygens (including phenoxy) is 1. The van der Waals surface area contributed by atoms with Crippen LogP contribution in [0.15, 0.2) is 66.7 Å². The summed E-state index contributed by atoms with van der Waals surface area (Å²) in [5.74, 6) is -0.116. The average molecular weight is 429 g/mol. The smallest absolute Gasteiger partial charge is 0.234 e. The molecule has 5 nitrogen and oxygen atoms in total. The van der Waals surface area contributed by atoms with Crippen LogP contribution in [0.1, 0.15) is 16.7 Å². The molecule has 3 aromatic carbocycles. The van der Waals surface area contributed by atoms with Gasteiger partial charge in [0.15, 0.2) is 0 Å². The van der Waals surface area contributed by atoms with Crippen molar-refractivity contribution in [2.24, 2.45) is 5.73 Å². The van der Waals surface area contributed by atoms with Crippen molar-refractivity contribution < 1.29 is 19.0 Å². The lowest BCUT2D eigenvalue weighted by Gasteiger charge is -2.16. The number of primary amides is 1. The van der Waals surface area contributed by atoms with Crippen LogP contribution < -0.4 is 15.8 Å². The van der Waals surface area contributed by atoms with Crippen molar-refractivity contribution in [3.05, 3.63) is 94.3 Å². The van der Waals surface area contributed by atoms with E-state index in [4.69, 9.17) is 22.1 Å². The molecule has 0 spiro atoms. The average Bonchev–Trinajstić information content (AvgIpc) is 2.73. The predicted molar refractivity (Wildman–Crippen MR) is 114 cm³/mol. The highest BCUT2D eigenvalue weighted by atomic mass is 35.5. The third kappa shape index (κ3) is 5.95. The number of nitrogens with two attached hydrogens (primary N) is 1. The van der Waals surface area contributed by atoms with Crippen LogP contribution in [-0.2, 0) is 24.4 Å². The second-order valence-electron chi connectivity index (χ2n) is 6.84. The number of hydrogen-bond acceptors (Lipinski definition) is 4. The number of carbonyl (C=O) groups excluding carboxylic acids is 1. The van der Waals surface area contributed by atoms with Crippen molar-refractivity contribution >= 4 is 17.5 Å². The first-order chi connectivity index (χ1) is 14.4. The molecular formula is C23H22ClFN2O3. The Balaban J connectivity index is 1.55. The summed E-state index contributed by atoms with van der Waals surface area (Å²) in [7, 11) is 0. The number of rotatable bonds is 9. The molecule has 0 saturated carbocycles. The summed E-state index contributed by atoms with van der Waals surface area (Å²) in [6.07, 6.45) is 0.417. The molecule has 1 atom stereocenters. The van der Waals surface area contributed by atoms with Crippen LogP contribution in [0.25, 0.3) is 0 Å². The molecule has 0 radical (unpaired) electrons. The minimum atomic E-state index is -0.548. The van der Waals surface area contributed by atoms with E-state index in [0.717, 1.165) is 11.1 Å². The number of nitrogens with one attached hydrogen (secondary N) is 1. The van der Waals surface area contributed by atoms with Gasteiger partial charge in [0.2, 0.25) is 5.91 Å². The molecule has 30 heavy (non-hydrogen) atoms. The minimum absolute atomic E-state index is 0.0273. The Hall–Kier alpha value is -3.09. The normalized spacial score (nSPS) is 11.8. The van der Waals surface area contributed by atoms with Crippen LogP contribution in [0.2, 0.25) is 5.02 Å². The summed E-state index contributed by atoms with van der Waals surface area (Å²) in [5.41, 5.74) is 7.64. The number of benzene rings is 3. The van der Waals surface area contributed by atoms with E-state index in [1.54, 1.807) is 48.5 Å². The van der Waals surface area contributed by atoms with Gasteiger partial charge < -0.3 is 20.9 Å². The van der Waals surface area contributed by atoms with E-state index in [2.05, 4.69) is 5.32 Å². The first kappa shape index (κ1) is 21.6. The monoisotopic (exact) mass is 428 g/mol. The molecule has 0 aliphatic rings. The predicted octanol–water partition coefficient (Wildman–Crippen LogP) is 3.95. The SMILES string of the molecule is NC(=O)C(Cc1ccc(O)cc1)NCc1ccc(OCc2c(F)cccc2Cl)cc1. The largest absolute Gasteiger partial charge is 0.508 e. The Morgan fingerprint density at radius 2 is 1.73 bits per heavy atom. The van der Waals surface area contributed by atoms with E-state index in [9.17, 15) is 14.3 Å². The molecule has 0 bridgehead atoms. The number of halogens is 2. The molecule has 1 amide bonds. The number of carbonyl (C=O) groups is 1. The molecular weight excluding hydrogens is 407 g/mol. The number of amides is 1. The van der Waals surface area contributed by atoms with Gasteiger partial charge in [-0.3, -0.25) is 4.79 Å². The summed E-state index contributed by atoms with van der Waals surface area (Å²) in [6, 6.07) is 17.8. The Bertz CT molecular complexity index is 974. The van der Waals surface area contributed by atoms with E-state index < -0.39 is 17.8 Å². The number of aromatic hydroxyl groups is 1. The van der Waals surface area contributed by atoms with Crippen molar-refractivity contribution in [1.82, 2.24) is 5.32 Å². The van der Waals surface area contributed by atoms with Gasteiger partial charge in [0.05, 0.1) is 11.1 Å². The molecule has 4 N–H and O–H groups in total. The molecule has 7 heteroatoms. The number of phenols is 1. The topological polar surface area (TPSA) is 84.6 Å². The van der Waals surface area contributed by atoms with E-state index in [1.807, 2.05) is 12.1 Å². The zero-order valence-corrected chi connectivity index (χ0v) is 16.9. The summed E-state index contributed by atoms with van der Waals surface area (Å²) >= 11 is 6.00. The highest BCUT2D eigenvalue weighted by Crippen LogP contribution is 2.22. The molecule has 0 aliphatic heterocycles. The summed E-state index contributed by atoms with van der Waals surface area (Å²) in [4.78, 5) is 11.8. The third-order valence-corrected chi connectivity index (χ3v) is 4.99. The lowest BCUT2D eigenvalue weighted by Crippen LogP contribution is -2.42. The standard InChI is InChI=1S/C23H22ClFN2O3/c24-20-2-1-3-21(25)19(20)14-30-18-10-6-16(7-11-18)13-27-22(23(26)29)12-15-4-8-17(28)9-5-15/h1-11,22,27-28H,12-14H2,(H2,26,29). The Labute approximate surface area is 179 Å². The molecule has 0 aromatic heterocycles. The van der Waals surface area contributed by atoms with Crippen LogP contribution in [-0.4, -0.2) is 17.1 Å². The van der Waals surface area contributed by atoms with E-state index >= 15 is 0 Å². The molecule has 1 unspecified atom stereocenters. The molecule has 0 saturated heterocycles. The van der Waals surface area contributed by atoms with Gasteiger partial charge in [-0.25, -0.2) is 4.39 Å². The van der Waals surface area contributed by atoms with Gasteiger partial charge >= 0.3 is 0 Å². The Morgan fingerprint density at radius 1 is 1.07 bits per heavy atom. The number of phenolic OH excluding ortho intramolecular Hbond substituents is 1. The number of hydrogen-bond donors (Lipinski definition) is 3. The fourth-order valence-corrected chi connectivity index (χ4v) is 3.13. The van der Waals surface area contributed by atoms with Crippen molar-refractivity contribution in [3.63, 3.8) is 0 Å². The minimum Gasteiger partial charge on any atom is -0.508 e. The van der Waals surface area contributed by atoms with Crippen molar-refractivity contribution in [3.8, 4) is 11.5 Å². The van der Waals surface area contributed by atoms with Crippen molar-refractivity contribution in [2.45, 2.75) is 25.6 Å². The second kappa shape index (κ2) is 10.1. The van der Waals surface area contributed by atoms with Gasteiger partial charge in [-0.15, -0.1) is 0 Å². The summed E-state index contributed by atoms with van der Waals surface area (Å²) in [6.45, 7) is 0.463. The second-order valence-corrected chi connectivity index (χ2v) is 7.25. The Morgan fingerprint density at radius 3 is 2.37 bits per heavy atom. The maximum atomic E-state index is 13.8. The zero-order valence-electron chi connectivity index (χ0n) is 16.1. The van der Waals surface area contributed by atoms with E-state index in [0.29, 0.717) is 29.3 Å². The lowest BCUT2D eigenvalue weighted by atomic mass is 10.0. The summed E-state index contributed by atoms with van der Waals surface area (Å²) < 4.78 is 19.4. The van der Waals surface area contributed by atoms with Crippen LogP contribution >= 0.6 is 11.6 Å². The Kier molecular flexibility index (Phi) is 7.27. The van der Waals surface area contributed by atoms with Crippen molar-refractivity contribution in [2.75, 3.05) is 0 Å². The third-order valence-electron chi connectivity index (χ3n) is 4.64. The molecule has 156 valence electrons. The quantitative estimate of drug-likeness (QED) is 0.481. The van der Waals surface area contributed by atoms with Gasteiger partial charge in [-0.1, -0.05) is 41.9 Å². The fraction of sp³-hybridized carbons (Fsp3) is 0.174. The molecule has 3 aromatic rings. The van der Waals surface area contributed by atoms with Gasteiger partial charge in [0, 0.05) is 12.1 Å². The van der Waals surface area contributed by atoms with Crippen molar-refractivity contribution in [1.29, 1.82) is 0 Å². The highest BCUT2D eigenvalue weighted by molar-refractivity contribution is 6.31. The highest BCUT2D eigenvalue weighted by Gasteiger charge is 2.15. The van der Waals surface area contributed by atoms with Gasteiger partial charge in [0.1, 0.15) is 23.9 Å². The van der Waals surface area contributed by atoms with Gasteiger partial charge in [-0.05, 0) is 53.9 Å². The molecule has 0 fully saturated rings. The van der Waals surface area contributed by atoms with E-state index in [-0.39, 0.29) is 12.4 Å². The lowest BCUT2D eigenvalue weighted by molar-refractivity contribution is -0.120. The van der Waals surface area contributed by atoms with Crippen LogP contribution in [0.3, 0.4) is 0 Å². The zero-order chi connectivity index (χ0) is 21.5. The first-order valence-electron chi connectivity index (χ1n) is 9.37. The first-order valence-corrected chi connectivity index (χ1v) is 9.75. The van der Waals surface area contributed by atoms with Gasteiger partial charge in [0.25, 0.3) is 0 Å². The van der Waals surface area contributed by atoms with Crippen LogP contribution in [0.4, 0.5) is 4.39 Å². The molecule has 0 heterocycles. The maximum Gasteiger partial charge on any atom is 0.234 e. The maximum absolute atomic E-state index is 13.8. The molecule has 0 aliphatic carbocycles. The van der Waals surface area contributed by atoms with Crippen LogP contribution in [0.5, 0.6) is 11.5 Å². The summed E-state index contributed by atoms with van der Waals surface area (Å²) in [5, 5.41) is 12.8. The van der Waals surface area contributed by atoms with Gasteiger partial charge in [-0.2, -0.15) is 0 Å². The molecule has 3 rings (SSSR count). The van der Waals surface area contributed by atoms with Crippen LogP contribution in [0, 0.1) is 5.82 Å². The fourth-order valence-electron chi connectivity index (χ4n) is 2.91.